The third-order valence-corrected chi connectivity index (χ3v) is 3.71. The van der Waals surface area contributed by atoms with E-state index >= 15 is 0 Å². The van der Waals surface area contributed by atoms with E-state index in [1.807, 2.05) is 0 Å². The molecule has 0 aliphatic rings. The number of rotatable bonds is 7. The Bertz CT molecular complexity index is 365. The SMILES string of the molecule is CCNC(=NCc1ccsc1)NCCN(C)C(C)C.I. The van der Waals surface area contributed by atoms with Gasteiger partial charge in [0.1, 0.15) is 0 Å². The van der Waals surface area contributed by atoms with E-state index in [1.165, 1.54) is 5.56 Å². The second kappa shape index (κ2) is 11.3. The van der Waals surface area contributed by atoms with Crippen molar-refractivity contribution in [2.24, 2.45) is 4.99 Å². The number of likely N-dealkylation sites (N-methyl/N-ethyl adjacent to an activating group) is 1. The van der Waals surface area contributed by atoms with Gasteiger partial charge in [0, 0.05) is 25.7 Å². The Morgan fingerprint density at radius 1 is 1.40 bits per heavy atom. The van der Waals surface area contributed by atoms with Crippen LogP contribution in [-0.4, -0.2) is 43.6 Å². The molecule has 0 saturated heterocycles. The lowest BCUT2D eigenvalue weighted by Crippen LogP contribution is -2.42. The maximum absolute atomic E-state index is 4.58. The molecule has 1 aromatic heterocycles. The molecule has 0 atom stereocenters. The molecule has 0 saturated carbocycles. The van der Waals surface area contributed by atoms with Crippen molar-refractivity contribution in [2.75, 3.05) is 26.7 Å². The van der Waals surface area contributed by atoms with Crippen LogP contribution in [0.2, 0.25) is 0 Å². The van der Waals surface area contributed by atoms with E-state index in [1.54, 1.807) is 11.3 Å². The largest absolute Gasteiger partial charge is 0.357 e. The van der Waals surface area contributed by atoms with Crippen molar-refractivity contribution >= 4 is 41.3 Å². The lowest BCUT2D eigenvalue weighted by atomic mass is 10.3. The first kappa shape index (κ1) is 19.7. The Morgan fingerprint density at radius 3 is 2.70 bits per heavy atom. The second-order valence-electron chi connectivity index (χ2n) is 4.83. The average molecular weight is 410 g/mol. The summed E-state index contributed by atoms with van der Waals surface area (Å²) in [4.78, 5) is 6.90. The zero-order chi connectivity index (χ0) is 14.1. The number of guanidine groups is 1. The Morgan fingerprint density at radius 2 is 2.15 bits per heavy atom. The van der Waals surface area contributed by atoms with E-state index in [0.717, 1.165) is 32.1 Å². The summed E-state index contributed by atoms with van der Waals surface area (Å²) in [7, 11) is 2.14. The van der Waals surface area contributed by atoms with Crippen LogP contribution >= 0.6 is 35.3 Å². The van der Waals surface area contributed by atoms with Crippen LogP contribution in [-0.2, 0) is 6.54 Å². The van der Waals surface area contributed by atoms with E-state index in [0.29, 0.717) is 6.04 Å². The van der Waals surface area contributed by atoms with Crippen molar-refractivity contribution in [3.05, 3.63) is 22.4 Å². The molecular formula is C14H27IN4S. The van der Waals surface area contributed by atoms with Crippen LogP contribution in [0.5, 0.6) is 0 Å². The molecular weight excluding hydrogens is 383 g/mol. The molecule has 0 bridgehead atoms. The standard InChI is InChI=1S/C14H26N4S.HI/c1-5-15-14(16-7-8-18(4)12(2)3)17-10-13-6-9-19-11-13;/h6,9,11-12H,5,7-8,10H2,1-4H3,(H2,15,16,17);1H. The van der Waals surface area contributed by atoms with E-state index < -0.39 is 0 Å². The molecule has 0 unspecified atom stereocenters. The van der Waals surface area contributed by atoms with Crippen molar-refractivity contribution in [2.45, 2.75) is 33.4 Å². The molecule has 20 heavy (non-hydrogen) atoms. The highest BCUT2D eigenvalue weighted by Crippen LogP contribution is 2.06. The van der Waals surface area contributed by atoms with Crippen LogP contribution in [0.1, 0.15) is 26.3 Å². The molecule has 4 nitrogen and oxygen atoms in total. The Hall–Kier alpha value is -0.340. The third-order valence-electron chi connectivity index (χ3n) is 2.98. The summed E-state index contributed by atoms with van der Waals surface area (Å²) in [6.07, 6.45) is 0. The highest BCUT2D eigenvalue weighted by Gasteiger charge is 2.03. The van der Waals surface area contributed by atoms with E-state index in [-0.39, 0.29) is 24.0 Å². The van der Waals surface area contributed by atoms with Gasteiger partial charge >= 0.3 is 0 Å². The van der Waals surface area contributed by atoms with Crippen molar-refractivity contribution in [1.82, 2.24) is 15.5 Å². The van der Waals surface area contributed by atoms with Crippen molar-refractivity contribution in [3.63, 3.8) is 0 Å². The molecule has 0 radical (unpaired) electrons. The molecule has 2 N–H and O–H groups in total. The first-order chi connectivity index (χ1) is 9.13. The first-order valence-corrected chi connectivity index (χ1v) is 7.81. The summed E-state index contributed by atoms with van der Waals surface area (Å²) < 4.78 is 0. The predicted octanol–water partition coefficient (Wildman–Crippen LogP) is 2.76. The number of nitrogens with zero attached hydrogens (tertiary/aromatic N) is 2. The van der Waals surface area contributed by atoms with E-state index in [4.69, 9.17) is 0 Å². The topological polar surface area (TPSA) is 39.7 Å². The molecule has 0 aromatic carbocycles. The molecule has 0 aliphatic carbocycles. The predicted molar refractivity (Wildman–Crippen MR) is 100 cm³/mol. The number of halogens is 1. The zero-order valence-electron chi connectivity index (χ0n) is 12.8. The minimum atomic E-state index is 0. The van der Waals surface area contributed by atoms with Gasteiger partial charge in [0.2, 0.25) is 0 Å². The normalized spacial score (nSPS) is 11.6. The second-order valence-corrected chi connectivity index (χ2v) is 5.61. The van der Waals surface area contributed by atoms with Gasteiger partial charge in [-0.05, 0) is 50.2 Å². The van der Waals surface area contributed by atoms with Crippen LogP contribution in [0.15, 0.2) is 21.8 Å². The van der Waals surface area contributed by atoms with Gasteiger partial charge in [-0.3, -0.25) is 0 Å². The Labute approximate surface area is 144 Å². The number of thiophene rings is 1. The van der Waals surface area contributed by atoms with Crippen LogP contribution < -0.4 is 10.6 Å². The molecule has 1 heterocycles. The quantitative estimate of drug-likeness (QED) is 0.413. The first-order valence-electron chi connectivity index (χ1n) is 6.87. The molecule has 1 aromatic rings. The molecule has 116 valence electrons. The van der Waals surface area contributed by atoms with Gasteiger partial charge in [0.05, 0.1) is 6.54 Å². The number of hydrogen-bond acceptors (Lipinski definition) is 3. The van der Waals surface area contributed by atoms with E-state index in [9.17, 15) is 0 Å². The highest BCUT2D eigenvalue weighted by atomic mass is 127. The van der Waals surface area contributed by atoms with Gasteiger partial charge in [0.15, 0.2) is 5.96 Å². The van der Waals surface area contributed by atoms with Gasteiger partial charge in [-0.25, -0.2) is 4.99 Å². The highest BCUT2D eigenvalue weighted by molar-refractivity contribution is 14.0. The number of nitrogens with one attached hydrogen (secondary N) is 2. The molecule has 0 amide bonds. The fourth-order valence-corrected chi connectivity index (χ4v) is 2.16. The monoisotopic (exact) mass is 410 g/mol. The molecule has 0 fully saturated rings. The summed E-state index contributed by atoms with van der Waals surface area (Å²) in [5.41, 5.74) is 1.27. The van der Waals surface area contributed by atoms with Crippen LogP contribution in [0, 0.1) is 0 Å². The summed E-state index contributed by atoms with van der Waals surface area (Å²) >= 11 is 1.71. The van der Waals surface area contributed by atoms with Gasteiger partial charge in [0.25, 0.3) is 0 Å². The van der Waals surface area contributed by atoms with Gasteiger partial charge < -0.3 is 15.5 Å². The van der Waals surface area contributed by atoms with Gasteiger partial charge in [-0.15, -0.1) is 24.0 Å². The van der Waals surface area contributed by atoms with E-state index in [2.05, 4.69) is 65.2 Å². The summed E-state index contributed by atoms with van der Waals surface area (Å²) in [6, 6.07) is 2.69. The average Bonchev–Trinajstić information content (AvgIpc) is 2.88. The van der Waals surface area contributed by atoms with Crippen molar-refractivity contribution in [3.8, 4) is 0 Å². The molecule has 0 spiro atoms. The van der Waals surface area contributed by atoms with Crippen molar-refractivity contribution < 1.29 is 0 Å². The maximum Gasteiger partial charge on any atom is 0.191 e. The molecule has 6 heteroatoms. The number of hydrogen-bond donors (Lipinski definition) is 2. The Balaban J connectivity index is 0.00000361. The van der Waals surface area contributed by atoms with Crippen molar-refractivity contribution in [1.29, 1.82) is 0 Å². The fraction of sp³-hybridized carbons (Fsp3) is 0.643. The van der Waals surface area contributed by atoms with Crippen LogP contribution in [0.25, 0.3) is 0 Å². The van der Waals surface area contributed by atoms with Crippen LogP contribution in [0.3, 0.4) is 0 Å². The van der Waals surface area contributed by atoms with Crippen LogP contribution in [0.4, 0.5) is 0 Å². The summed E-state index contributed by atoms with van der Waals surface area (Å²) in [6.45, 7) is 10.0. The lowest BCUT2D eigenvalue weighted by molar-refractivity contribution is 0.278. The fourth-order valence-electron chi connectivity index (χ4n) is 1.50. The summed E-state index contributed by atoms with van der Waals surface area (Å²) in [5.74, 6) is 0.894. The smallest absolute Gasteiger partial charge is 0.191 e. The zero-order valence-corrected chi connectivity index (χ0v) is 16.0. The Kier molecular flexibility index (Phi) is 11.1. The number of aliphatic imine (C=N–C) groups is 1. The minimum absolute atomic E-state index is 0. The lowest BCUT2D eigenvalue weighted by Gasteiger charge is -2.21. The maximum atomic E-state index is 4.58. The molecule has 1 rings (SSSR count). The molecule has 0 aliphatic heterocycles. The third kappa shape index (κ3) is 8.06. The summed E-state index contributed by atoms with van der Waals surface area (Å²) in [5, 5.41) is 10.9. The van der Waals surface area contributed by atoms with Gasteiger partial charge in [-0.2, -0.15) is 11.3 Å². The minimum Gasteiger partial charge on any atom is -0.357 e. The van der Waals surface area contributed by atoms with Gasteiger partial charge in [-0.1, -0.05) is 0 Å².